The molecular formula is C21H18ClN3O5S3. The Morgan fingerprint density at radius 3 is 2.12 bits per heavy atom. The molecule has 0 amide bonds. The van der Waals surface area contributed by atoms with E-state index in [0.717, 1.165) is 17.1 Å². The Morgan fingerprint density at radius 2 is 1.42 bits per heavy atom. The van der Waals surface area contributed by atoms with Crippen molar-refractivity contribution in [1.82, 2.24) is 3.96 Å². The van der Waals surface area contributed by atoms with E-state index in [4.69, 9.17) is 11.6 Å². The number of rotatable bonds is 6. The van der Waals surface area contributed by atoms with E-state index >= 15 is 0 Å². The minimum Gasteiger partial charge on any atom is -0.297 e. The van der Waals surface area contributed by atoms with E-state index in [1.54, 1.807) is 29.2 Å². The maximum atomic E-state index is 13.1. The minimum absolute atomic E-state index is 0.00363. The van der Waals surface area contributed by atoms with Gasteiger partial charge in [0.15, 0.2) is 0 Å². The number of anilines is 2. The van der Waals surface area contributed by atoms with Crippen LogP contribution < -0.4 is 14.2 Å². The molecule has 0 saturated carbocycles. The smallest absolute Gasteiger partial charge is 0.261 e. The molecule has 0 aliphatic heterocycles. The van der Waals surface area contributed by atoms with Crippen molar-refractivity contribution in [2.24, 2.45) is 7.05 Å². The number of nitrogens with one attached hydrogen (secondary N) is 2. The first-order valence-corrected chi connectivity index (χ1v) is 13.6. The van der Waals surface area contributed by atoms with Crippen molar-refractivity contribution in [3.63, 3.8) is 0 Å². The Kier molecular flexibility index (Phi) is 5.99. The predicted octanol–water partition coefficient (Wildman–Crippen LogP) is 4.16. The maximum Gasteiger partial charge on any atom is 0.261 e. The molecule has 1 heterocycles. The SMILES string of the molecule is Cc1ccc(S(=O)(=O)Nc2ccc(Cl)cc2NS(=O)(=O)c2ccc3c(c2)c(=O)sn3C)cc1. The van der Waals surface area contributed by atoms with Crippen LogP contribution >= 0.6 is 23.1 Å². The van der Waals surface area contributed by atoms with Crippen molar-refractivity contribution >= 4 is 65.5 Å². The summed E-state index contributed by atoms with van der Waals surface area (Å²) in [5.74, 6) is 0. The molecule has 172 valence electrons. The van der Waals surface area contributed by atoms with E-state index in [1.807, 2.05) is 6.92 Å². The summed E-state index contributed by atoms with van der Waals surface area (Å²) < 4.78 is 57.9. The van der Waals surface area contributed by atoms with Gasteiger partial charge in [0.05, 0.1) is 32.1 Å². The highest BCUT2D eigenvalue weighted by molar-refractivity contribution is 7.93. The number of fused-ring (bicyclic) bond motifs is 1. The second-order valence-corrected chi connectivity index (χ2v) is 12.2. The molecule has 4 rings (SSSR count). The molecule has 0 fully saturated rings. The fourth-order valence-electron chi connectivity index (χ4n) is 3.16. The zero-order valence-corrected chi connectivity index (χ0v) is 20.6. The van der Waals surface area contributed by atoms with Gasteiger partial charge in [-0.25, -0.2) is 16.8 Å². The van der Waals surface area contributed by atoms with Gasteiger partial charge < -0.3 is 0 Å². The monoisotopic (exact) mass is 523 g/mol. The lowest BCUT2D eigenvalue weighted by Crippen LogP contribution is -2.17. The average Bonchev–Trinajstić information content (AvgIpc) is 3.03. The fourth-order valence-corrected chi connectivity index (χ4v) is 6.27. The molecule has 12 heteroatoms. The topological polar surface area (TPSA) is 114 Å². The van der Waals surface area contributed by atoms with E-state index in [2.05, 4.69) is 9.44 Å². The average molecular weight is 524 g/mol. The van der Waals surface area contributed by atoms with Crippen LogP contribution in [0.15, 0.2) is 75.2 Å². The fraction of sp³-hybridized carbons (Fsp3) is 0.0952. The van der Waals surface area contributed by atoms with E-state index < -0.39 is 20.0 Å². The number of hydrogen-bond donors (Lipinski definition) is 2. The van der Waals surface area contributed by atoms with Gasteiger partial charge in [0.1, 0.15) is 0 Å². The van der Waals surface area contributed by atoms with Crippen molar-refractivity contribution in [2.45, 2.75) is 16.7 Å². The van der Waals surface area contributed by atoms with Gasteiger partial charge in [-0.15, -0.1) is 0 Å². The summed E-state index contributed by atoms with van der Waals surface area (Å²) >= 11 is 7.01. The summed E-state index contributed by atoms with van der Waals surface area (Å²) in [7, 11) is -6.44. The highest BCUT2D eigenvalue weighted by Crippen LogP contribution is 2.30. The molecule has 0 aliphatic carbocycles. The summed E-state index contributed by atoms with van der Waals surface area (Å²) in [5, 5.41) is 0.477. The Morgan fingerprint density at radius 1 is 0.818 bits per heavy atom. The summed E-state index contributed by atoms with van der Waals surface area (Å²) in [6, 6.07) is 14.5. The van der Waals surface area contributed by atoms with Crippen LogP contribution in [0.1, 0.15) is 5.56 Å². The van der Waals surface area contributed by atoms with Crippen LogP contribution in [0.4, 0.5) is 11.4 Å². The molecule has 8 nitrogen and oxygen atoms in total. The molecule has 2 N–H and O–H groups in total. The molecule has 0 bridgehead atoms. The number of benzene rings is 3. The Hall–Kier alpha value is -2.86. The molecule has 0 saturated heterocycles. The summed E-state index contributed by atoms with van der Waals surface area (Å²) in [4.78, 5) is 12.0. The lowest BCUT2D eigenvalue weighted by molar-refractivity contribution is 0.599. The first kappa shape index (κ1) is 23.3. The van der Waals surface area contributed by atoms with Crippen molar-refractivity contribution in [1.29, 1.82) is 0 Å². The molecule has 0 radical (unpaired) electrons. The van der Waals surface area contributed by atoms with Crippen molar-refractivity contribution in [3.05, 3.63) is 80.8 Å². The molecule has 3 aromatic carbocycles. The molecule has 0 atom stereocenters. The number of aromatic nitrogens is 1. The third-order valence-electron chi connectivity index (χ3n) is 4.86. The molecule has 0 aliphatic rings. The highest BCUT2D eigenvalue weighted by atomic mass is 35.5. The Bertz CT molecular complexity index is 1640. The van der Waals surface area contributed by atoms with Crippen molar-refractivity contribution in [2.75, 3.05) is 9.44 Å². The second-order valence-electron chi connectivity index (χ2n) is 7.27. The molecule has 4 aromatic rings. The quantitative estimate of drug-likeness (QED) is 0.394. The minimum atomic E-state index is -4.16. The Balaban J connectivity index is 1.71. The highest BCUT2D eigenvalue weighted by Gasteiger charge is 2.21. The zero-order chi connectivity index (χ0) is 24.0. The summed E-state index contributed by atoms with van der Waals surface area (Å²) in [6.07, 6.45) is 0. The lowest BCUT2D eigenvalue weighted by Gasteiger charge is -2.15. The van der Waals surface area contributed by atoms with Crippen molar-refractivity contribution < 1.29 is 16.8 Å². The zero-order valence-electron chi connectivity index (χ0n) is 17.4. The van der Waals surface area contributed by atoms with E-state index in [-0.39, 0.29) is 36.3 Å². The molecule has 1 aromatic heterocycles. The normalized spacial score (nSPS) is 12.1. The van der Waals surface area contributed by atoms with Gasteiger partial charge in [0, 0.05) is 12.1 Å². The first-order chi connectivity index (χ1) is 15.5. The van der Waals surface area contributed by atoms with Gasteiger partial charge in [-0.3, -0.25) is 18.2 Å². The van der Waals surface area contributed by atoms with Crippen LogP contribution in [-0.2, 0) is 27.1 Å². The van der Waals surface area contributed by atoms with Gasteiger partial charge in [-0.05, 0) is 67.0 Å². The van der Waals surface area contributed by atoms with Crippen LogP contribution in [0, 0.1) is 6.92 Å². The number of hydrogen-bond acceptors (Lipinski definition) is 6. The second kappa shape index (κ2) is 8.49. The van der Waals surface area contributed by atoms with E-state index in [9.17, 15) is 21.6 Å². The summed E-state index contributed by atoms with van der Waals surface area (Å²) in [6.45, 7) is 1.83. The van der Waals surface area contributed by atoms with Crippen LogP contribution in [0.3, 0.4) is 0 Å². The van der Waals surface area contributed by atoms with Crippen LogP contribution in [0.25, 0.3) is 10.9 Å². The van der Waals surface area contributed by atoms with Crippen LogP contribution in [0.2, 0.25) is 5.02 Å². The van der Waals surface area contributed by atoms with Gasteiger partial charge in [-0.2, -0.15) is 0 Å². The van der Waals surface area contributed by atoms with Gasteiger partial charge in [0.2, 0.25) is 0 Å². The third kappa shape index (κ3) is 4.76. The lowest BCUT2D eigenvalue weighted by atomic mass is 10.2. The van der Waals surface area contributed by atoms with E-state index in [0.29, 0.717) is 5.52 Å². The standard InChI is InChI=1S/C21H18ClN3O5S3/c1-13-3-6-15(7-4-13)32(27,28)23-18-9-5-14(22)11-19(18)24-33(29,30)16-8-10-20-17(12-16)21(26)31-25(20)2/h3-12,23-24H,1-2H3. The maximum absolute atomic E-state index is 13.1. The predicted molar refractivity (Wildman–Crippen MR) is 131 cm³/mol. The third-order valence-corrected chi connectivity index (χ3v) is 8.69. The number of sulfonamides is 2. The van der Waals surface area contributed by atoms with Crippen LogP contribution in [-0.4, -0.2) is 20.8 Å². The largest absolute Gasteiger partial charge is 0.297 e. The number of aryl methyl sites for hydroxylation is 2. The van der Waals surface area contributed by atoms with Crippen molar-refractivity contribution in [3.8, 4) is 0 Å². The van der Waals surface area contributed by atoms with Gasteiger partial charge in [-0.1, -0.05) is 29.3 Å². The first-order valence-electron chi connectivity index (χ1n) is 9.48. The Labute approximate surface area is 199 Å². The van der Waals surface area contributed by atoms with Gasteiger partial charge >= 0.3 is 0 Å². The molecule has 0 spiro atoms. The van der Waals surface area contributed by atoms with Crippen LogP contribution in [0.5, 0.6) is 0 Å². The molecule has 0 unspecified atom stereocenters. The van der Waals surface area contributed by atoms with E-state index in [1.165, 1.54) is 42.5 Å². The summed E-state index contributed by atoms with van der Waals surface area (Å²) in [5.41, 5.74) is 1.44. The number of nitrogens with zero attached hydrogens (tertiary/aromatic N) is 1. The van der Waals surface area contributed by atoms with Gasteiger partial charge in [0.25, 0.3) is 24.8 Å². The number of halogens is 1. The molecular weight excluding hydrogens is 506 g/mol. The molecule has 33 heavy (non-hydrogen) atoms.